The summed E-state index contributed by atoms with van der Waals surface area (Å²) in [6, 6.07) is 6.78. The van der Waals surface area contributed by atoms with Gasteiger partial charge in [-0.25, -0.2) is 13.4 Å². The summed E-state index contributed by atoms with van der Waals surface area (Å²) >= 11 is 0. The number of nitrogens with zero attached hydrogens (tertiary/aromatic N) is 3. The van der Waals surface area contributed by atoms with Gasteiger partial charge in [0.15, 0.2) is 5.69 Å². The third-order valence-corrected chi connectivity index (χ3v) is 6.22. The van der Waals surface area contributed by atoms with E-state index < -0.39 is 10.0 Å². The van der Waals surface area contributed by atoms with Crippen molar-refractivity contribution in [3.8, 4) is 5.69 Å². The van der Waals surface area contributed by atoms with Gasteiger partial charge in [-0.2, -0.15) is 4.31 Å². The van der Waals surface area contributed by atoms with E-state index in [2.05, 4.69) is 17.2 Å². The van der Waals surface area contributed by atoms with Crippen LogP contribution in [0.4, 0.5) is 0 Å². The Hall–Kier alpha value is -2.19. The fraction of sp³-hybridized carbons (Fsp3) is 0.412. The van der Waals surface area contributed by atoms with Crippen LogP contribution in [0.2, 0.25) is 0 Å². The number of fused-ring (bicyclic) bond motifs is 3. The van der Waals surface area contributed by atoms with E-state index in [0.29, 0.717) is 11.4 Å². The van der Waals surface area contributed by atoms with Crippen molar-refractivity contribution in [3.63, 3.8) is 0 Å². The summed E-state index contributed by atoms with van der Waals surface area (Å²) in [5, 5.41) is 2.93. The molecule has 8 heteroatoms. The fourth-order valence-corrected chi connectivity index (χ4v) is 4.37. The van der Waals surface area contributed by atoms with Crippen LogP contribution in [-0.2, 0) is 16.6 Å². The standard InChI is InChI=1S/C17H22N4O3S/c1-4-7-12(2)19-17(22)16-14-10-20(3)25(23,24)15-9-6-5-8-13(15)21(14)11-18-16/h5-6,8-9,11-12H,4,7,10H2,1-3H3,(H,19,22). The fourth-order valence-electron chi connectivity index (χ4n) is 3.06. The van der Waals surface area contributed by atoms with E-state index in [1.165, 1.54) is 17.7 Å². The molecule has 2 aromatic rings. The van der Waals surface area contributed by atoms with Gasteiger partial charge in [-0.15, -0.1) is 0 Å². The molecule has 25 heavy (non-hydrogen) atoms. The Morgan fingerprint density at radius 1 is 1.36 bits per heavy atom. The van der Waals surface area contributed by atoms with E-state index in [1.54, 1.807) is 28.8 Å². The van der Waals surface area contributed by atoms with Crippen molar-refractivity contribution in [3.05, 3.63) is 42.0 Å². The zero-order valence-corrected chi connectivity index (χ0v) is 15.4. The zero-order chi connectivity index (χ0) is 18.2. The molecule has 3 rings (SSSR count). The second-order valence-corrected chi connectivity index (χ2v) is 8.32. The van der Waals surface area contributed by atoms with Gasteiger partial charge in [0.1, 0.15) is 11.2 Å². The van der Waals surface area contributed by atoms with Crippen molar-refractivity contribution in [1.82, 2.24) is 19.2 Å². The molecule has 1 unspecified atom stereocenters. The van der Waals surface area contributed by atoms with Crippen LogP contribution < -0.4 is 5.32 Å². The second kappa shape index (κ2) is 6.61. The van der Waals surface area contributed by atoms with Crippen molar-refractivity contribution < 1.29 is 13.2 Å². The van der Waals surface area contributed by atoms with Gasteiger partial charge in [-0.3, -0.25) is 9.36 Å². The highest BCUT2D eigenvalue weighted by molar-refractivity contribution is 7.89. The highest BCUT2D eigenvalue weighted by atomic mass is 32.2. The molecule has 0 saturated heterocycles. The molecule has 1 aromatic carbocycles. The Morgan fingerprint density at radius 2 is 2.08 bits per heavy atom. The molecule has 1 amide bonds. The van der Waals surface area contributed by atoms with Crippen LogP contribution in [0.15, 0.2) is 35.5 Å². The molecule has 0 aliphatic carbocycles. The molecule has 2 heterocycles. The molecule has 1 aromatic heterocycles. The van der Waals surface area contributed by atoms with Crippen LogP contribution in [0.25, 0.3) is 5.69 Å². The number of nitrogens with one attached hydrogen (secondary N) is 1. The minimum absolute atomic E-state index is 0.0365. The van der Waals surface area contributed by atoms with Gasteiger partial charge in [0.2, 0.25) is 10.0 Å². The topological polar surface area (TPSA) is 84.3 Å². The van der Waals surface area contributed by atoms with Gasteiger partial charge in [-0.05, 0) is 25.5 Å². The molecule has 0 fully saturated rings. The van der Waals surface area contributed by atoms with E-state index in [9.17, 15) is 13.2 Å². The number of carbonyl (C=O) groups excluding carboxylic acids is 1. The Labute approximate surface area is 147 Å². The SMILES string of the molecule is CCCC(C)NC(=O)c1ncn2c1CN(C)S(=O)(=O)c1ccccc1-2. The average Bonchev–Trinajstić information content (AvgIpc) is 2.95. The number of carbonyl (C=O) groups is 1. The molecular formula is C17H22N4O3S. The maximum absolute atomic E-state index is 12.7. The third kappa shape index (κ3) is 3.07. The first-order valence-electron chi connectivity index (χ1n) is 8.29. The lowest BCUT2D eigenvalue weighted by atomic mass is 10.2. The average molecular weight is 362 g/mol. The largest absolute Gasteiger partial charge is 0.348 e. The van der Waals surface area contributed by atoms with Gasteiger partial charge in [0.05, 0.1) is 17.9 Å². The second-order valence-electron chi connectivity index (χ2n) is 6.30. The molecular weight excluding hydrogens is 340 g/mol. The van der Waals surface area contributed by atoms with Crippen molar-refractivity contribution in [2.45, 2.75) is 44.2 Å². The van der Waals surface area contributed by atoms with Crippen LogP contribution in [0.5, 0.6) is 0 Å². The molecule has 1 atom stereocenters. The molecule has 1 aliphatic heterocycles. The lowest BCUT2D eigenvalue weighted by Crippen LogP contribution is -2.34. The summed E-state index contributed by atoms with van der Waals surface area (Å²) in [5.41, 5.74) is 1.34. The molecule has 1 N–H and O–H groups in total. The maximum atomic E-state index is 12.7. The summed E-state index contributed by atoms with van der Waals surface area (Å²) in [4.78, 5) is 17.1. The highest BCUT2D eigenvalue weighted by Crippen LogP contribution is 2.30. The van der Waals surface area contributed by atoms with E-state index >= 15 is 0 Å². The number of imidazole rings is 1. The number of rotatable bonds is 4. The third-order valence-electron chi connectivity index (χ3n) is 4.37. The van der Waals surface area contributed by atoms with Crippen molar-refractivity contribution in [1.29, 1.82) is 0 Å². The molecule has 1 aliphatic rings. The Bertz CT molecular complexity index is 904. The van der Waals surface area contributed by atoms with E-state index in [4.69, 9.17) is 0 Å². The van der Waals surface area contributed by atoms with Gasteiger partial charge < -0.3 is 5.32 Å². The van der Waals surface area contributed by atoms with Crippen LogP contribution in [0.3, 0.4) is 0 Å². The molecule has 7 nitrogen and oxygen atoms in total. The first-order chi connectivity index (χ1) is 11.9. The first-order valence-corrected chi connectivity index (χ1v) is 9.73. The molecule has 0 saturated carbocycles. The number of para-hydroxylation sites is 1. The number of hydrogen-bond acceptors (Lipinski definition) is 4. The van der Waals surface area contributed by atoms with Crippen LogP contribution >= 0.6 is 0 Å². The predicted molar refractivity (Wildman–Crippen MR) is 94.1 cm³/mol. The number of sulfonamides is 1. The minimum Gasteiger partial charge on any atom is -0.348 e. The molecule has 0 radical (unpaired) electrons. The van der Waals surface area contributed by atoms with Crippen LogP contribution in [0.1, 0.15) is 42.9 Å². The quantitative estimate of drug-likeness (QED) is 0.901. The van der Waals surface area contributed by atoms with Gasteiger partial charge in [-0.1, -0.05) is 25.5 Å². The van der Waals surface area contributed by atoms with E-state index in [-0.39, 0.29) is 29.1 Å². The monoisotopic (exact) mass is 362 g/mol. The number of aromatic nitrogens is 2. The highest BCUT2D eigenvalue weighted by Gasteiger charge is 2.32. The minimum atomic E-state index is -3.62. The lowest BCUT2D eigenvalue weighted by molar-refractivity contribution is 0.0932. The molecule has 0 spiro atoms. The van der Waals surface area contributed by atoms with Crippen molar-refractivity contribution in [2.24, 2.45) is 0 Å². The van der Waals surface area contributed by atoms with Crippen molar-refractivity contribution in [2.75, 3.05) is 7.05 Å². The Balaban J connectivity index is 2.07. The Kier molecular flexibility index (Phi) is 4.66. The van der Waals surface area contributed by atoms with E-state index in [1.807, 2.05) is 6.92 Å². The van der Waals surface area contributed by atoms with E-state index in [0.717, 1.165) is 12.8 Å². The van der Waals surface area contributed by atoms with Crippen LogP contribution in [0, 0.1) is 0 Å². The number of hydrogen-bond donors (Lipinski definition) is 1. The van der Waals surface area contributed by atoms with Crippen LogP contribution in [-0.4, -0.2) is 41.3 Å². The first kappa shape index (κ1) is 17.6. The normalized spacial score (nSPS) is 17.2. The summed E-state index contributed by atoms with van der Waals surface area (Å²) in [7, 11) is -2.11. The summed E-state index contributed by atoms with van der Waals surface area (Å²) in [6.07, 6.45) is 3.36. The van der Waals surface area contributed by atoms with Gasteiger partial charge >= 0.3 is 0 Å². The summed E-state index contributed by atoms with van der Waals surface area (Å²) < 4.78 is 28.4. The maximum Gasteiger partial charge on any atom is 0.272 e. The smallest absolute Gasteiger partial charge is 0.272 e. The summed E-state index contributed by atoms with van der Waals surface area (Å²) in [6.45, 7) is 4.09. The lowest BCUT2D eigenvalue weighted by Gasteiger charge is -2.15. The molecule has 134 valence electrons. The number of benzene rings is 1. The van der Waals surface area contributed by atoms with Crippen molar-refractivity contribution >= 4 is 15.9 Å². The molecule has 0 bridgehead atoms. The predicted octanol–water partition coefficient (Wildman–Crippen LogP) is 1.92. The summed E-state index contributed by atoms with van der Waals surface area (Å²) in [5.74, 6) is -0.278. The van der Waals surface area contributed by atoms with Gasteiger partial charge in [0, 0.05) is 13.1 Å². The Morgan fingerprint density at radius 3 is 2.80 bits per heavy atom. The zero-order valence-electron chi connectivity index (χ0n) is 14.6. The van der Waals surface area contributed by atoms with Gasteiger partial charge in [0.25, 0.3) is 5.91 Å². The number of amides is 1.